The van der Waals surface area contributed by atoms with Gasteiger partial charge in [0.05, 0.1) is 12.0 Å². The summed E-state index contributed by atoms with van der Waals surface area (Å²) < 4.78 is 0. The Morgan fingerprint density at radius 2 is 1.52 bits per heavy atom. The first-order chi connectivity index (χ1) is 13.1. The minimum absolute atomic E-state index is 0.0359. The molecule has 0 saturated heterocycles. The van der Waals surface area contributed by atoms with E-state index in [2.05, 4.69) is 22.8 Å². The minimum Gasteiger partial charge on any atom is -0.481 e. The van der Waals surface area contributed by atoms with Gasteiger partial charge in [0.1, 0.15) is 0 Å². The lowest BCUT2D eigenvalue weighted by atomic mass is 9.86. The Hall–Kier alpha value is -2.82. The van der Waals surface area contributed by atoms with Gasteiger partial charge >= 0.3 is 12.0 Å². The summed E-state index contributed by atoms with van der Waals surface area (Å²) >= 11 is 0. The third-order valence-corrected chi connectivity index (χ3v) is 5.20. The van der Waals surface area contributed by atoms with Crippen LogP contribution in [0, 0.1) is 5.92 Å². The van der Waals surface area contributed by atoms with Crippen LogP contribution >= 0.6 is 0 Å². The highest BCUT2D eigenvalue weighted by molar-refractivity contribution is 5.75. The molecule has 1 saturated carbocycles. The number of benzene rings is 2. The molecular weight excluding hydrogens is 340 g/mol. The third kappa shape index (κ3) is 5.58. The van der Waals surface area contributed by atoms with Gasteiger partial charge in [0, 0.05) is 6.04 Å². The second-order valence-corrected chi connectivity index (χ2v) is 7.16. The van der Waals surface area contributed by atoms with Crippen molar-refractivity contribution >= 4 is 12.0 Å². The van der Waals surface area contributed by atoms with E-state index in [-0.39, 0.29) is 24.0 Å². The molecule has 2 amide bonds. The van der Waals surface area contributed by atoms with Gasteiger partial charge in [-0.3, -0.25) is 4.79 Å². The molecule has 0 radical (unpaired) electrons. The molecule has 2 aromatic carbocycles. The van der Waals surface area contributed by atoms with Gasteiger partial charge in [0.2, 0.25) is 0 Å². The highest BCUT2D eigenvalue weighted by atomic mass is 16.4. The van der Waals surface area contributed by atoms with Crippen LogP contribution in [0.3, 0.4) is 0 Å². The van der Waals surface area contributed by atoms with Gasteiger partial charge in [0.25, 0.3) is 0 Å². The predicted octanol–water partition coefficient (Wildman–Crippen LogP) is 3.91. The molecule has 3 rings (SSSR count). The van der Waals surface area contributed by atoms with E-state index in [1.54, 1.807) is 0 Å². The molecule has 0 spiro atoms. The predicted molar refractivity (Wildman–Crippen MR) is 104 cm³/mol. The summed E-state index contributed by atoms with van der Waals surface area (Å²) in [5.41, 5.74) is 2.22. The van der Waals surface area contributed by atoms with Crippen molar-refractivity contribution in [3.05, 3.63) is 71.8 Å². The number of hydrogen-bond acceptors (Lipinski definition) is 2. The van der Waals surface area contributed by atoms with Gasteiger partial charge in [-0.2, -0.15) is 0 Å². The van der Waals surface area contributed by atoms with Crippen LogP contribution < -0.4 is 10.6 Å². The SMILES string of the molecule is O=C(NC1CCC(C(=O)O)CC1)NC(Cc1ccccc1)c1ccccc1. The number of carboxylic acid groups (broad SMARTS) is 1. The Bertz CT molecular complexity index is 741. The van der Waals surface area contributed by atoms with Crippen molar-refractivity contribution in [1.82, 2.24) is 10.6 Å². The zero-order valence-corrected chi connectivity index (χ0v) is 15.3. The van der Waals surface area contributed by atoms with E-state index in [4.69, 9.17) is 5.11 Å². The Kier molecular flexibility index (Phi) is 6.47. The standard InChI is InChI=1S/C22H26N2O3/c25-21(26)18-11-13-19(14-12-18)23-22(27)24-20(17-9-5-2-6-10-17)15-16-7-3-1-4-8-16/h1-10,18-20H,11-15H2,(H,25,26)(H2,23,24,27). The fourth-order valence-electron chi connectivity index (χ4n) is 3.66. The normalized spacial score (nSPS) is 20.4. The zero-order valence-electron chi connectivity index (χ0n) is 15.3. The van der Waals surface area contributed by atoms with Gasteiger partial charge in [0.15, 0.2) is 0 Å². The van der Waals surface area contributed by atoms with Crippen molar-refractivity contribution in [2.24, 2.45) is 5.92 Å². The second-order valence-electron chi connectivity index (χ2n) is 7.16. The summed E-state index contributed by atoms with van der Waals surface area (Å²) in [5.74, 6) is -1.01. The zero-order chi connectivity index (χ0) is 19.1. The molecule has 1 aliphatic carbocycles. The van der Waals surface area contributed by atoms with Crippen molar-refractivity contribution in [3.63, 3.8) is 0 Å². The lowest BCUT2D eigenvalue weighted by Crippen LogP contribution is -2.45. The van der Waals surface area contributed by atoms with E-state index in [1.807, 2.05) is 48.5 Å². The number of aliphatic carboxylic acids is 1. The monoisotopic (exact) mass is 366 g/mol. The van der Waals surface area contributed by atoms with Crippen LogP contribution in [0.4, 0.5) is 4.79 Å². The average Bonchev–Trinajstić information content (AvgIpc) is 2.69. The number of amides is 2. The molecule has 5 nitrogen and oxygen atoms in total. The summed E-state index contributed by atoms with van der Waals surface area (Å²) in [6, 6.07) is 19.8. The summed E-state index contributed by atoms with van der Waals surface area (Å²) in [5, 5.41) is 15.2. The molecule has 3 N–H and O–H groups in total. The summed E-state index contributed by atoms with van der Waals surface area (Å²) in [6.45, 7) is 0. The molecule has 5 heteroatoms. The molecular formula is C22H26N2O3. The summed E-state index contributed by atoms with van der Waals surface area (Å²) in [7, 11) is 0. The smallest absolute Gasteiger partial charge is 0.315 e. The number of rotatable bonds is 6. The van der Waals surface area contributed by atoms with Gasteiger partial charge in [-0.05, 0) is 43.2 Å². The Labute approximate surface area is 159 Å². The molecule has 1 atom stereocenters. The summed E-state index contributed by atoms with van der Waals surface area (Å²) in [6.07, 6.45) is 3.36. The Morgan fingerprint density at radius 1 is 0.926 bits per heavy atom. The van der Waals surface area contributed by atoms with Crippen LogP contribution in [0.2, 0.25) is 0 Å². The first-order valence-electron chi connectivity index (χ1n) is 9.50. The van der Waals surface area contributed by atoms with Crippen LogP contribution in [-0.4, -0.2) is 23.1 Å². The number of nitrogens with one attached hydrogen (secondary N) is 2. The van der Waals surface area contributed by atoms with E-state index in [9.17, 15) is 9.59 Å². The average molecular weight is 366 g/mol. The number of carboxylic acids is 1. The number of carbonyl (C=O) groups excluding carboxylic acids is 1. The molecule has 27 heavy (non-hydrogen) atoms. The third-order valence-electron chi connectivity index (χ3n) is 5.20. The molecule has 0 aromatic heterocycles. The topological polar surface area (TPSA) is 78.4 Å². The fourth-order valence-corrected chi connectivity index (χ4v) is 3.66. The van der Waals surface area contributed by atoms with Crippen LogP contribution in [-0.2, 0) is 11.2 Å². The number of carbonyl (C=O) groups is 2. The number of urea groups is 1. The van der Waals surface area contributed by atoms with E-state index in [0.717, 1.165) is 11.1 Å². The van der Waals surface area contributed by atoms with Gasteiger partial charge in [-0.15, -0.1) is 0 Å². The quantitative estimate of drug-likeness (QED) is 0.725. The second kappa shape index (κ2) is 9.21. The van der Waals surface area contributed by atoms with Crippen LogP contribution in [0.1, 0.15) is 42.9 Å². The van der Waals surface area contributed by atoms with E-state index >= 15 is 0 Å². The maximum absolute atomic E-state index is 12.6. The van der Waals surface area contributed by atoms with Crippen molar-refractivity contribution in [3.8, 4) is 0 Å². The first kappa shape index (κ1) is 19.0. The largest absolute Gasteiger partial charge is 0.481 e. The molecule has 1 unspecified atom stereocenters. The highest BCUT2D eigenvalue weighted by Gasteiger charge is 2.27. The highest BCUT2D eigenvalue weighted by Crippen LogP contribution is 2.24. The van der Waals surface area contributed by atoms with E-state index in [0.29, 0.717) is 32.1 Å². The molecule has 1 aliphatic rings. The lowest BCUT2D eigenvalue weighted by Gasteiger charge is -2.28. The molecule has 0 aliphatic heterocycles. The molecule has 0 bridgehead atoms. The van der Waals surface area contributed by atoms with Crippen molar-refractivity contribution in [2.75, 3.05) is 0 Å². The maximum atomic E-state index is 12.6. The fraction of sp³-hybridized carbons (Fsp3) is 0.364. The van der Waals surface area contributed by atoms with Gasteiger partial charge < -0.3 is 15.7 Å². The minimum atomic E-state index is -0.732. The van der Waals surface area contributed by atoms with E-state index in [1.165, 1.54) is 0 Å². The van der Waals surface area contributed by atoms with E-state index < -0.39 is 5.97 Å². The number of hydrogen-bond donors (Lipinski definition) is 3. The van der Waals surface area contributed by atoms with Crippen LogP contribution in [0.5, 0.6) is 0 Å². The van der Waals surface area contributed by atoms with Crippen molar-refractivity contribution in [1.29, 1.82) is 0 Å². The summed E-state index contributed by atoms with van der Waals surface area (Å²) in [4.78, 5) is 23.6. The van der Waals surface area contributed by atoms with Gasteiger partial charge in [-0.1, -0.05) is 60.7 Å². The lowest BCUT2D eigenvalue weighted by molar-refractivity contribution is -0.142. The molecule has 2 aromatic rings. The van der Waals surface area contributed by atoms with Crippen LogP contribution in [0.25, 0.3) is 0 Å². The van der Waals surface area contributed by atoms with Crippen LogP contribution in [0.15, 0.2) is 60.7 Å². The molecule has 142 valence electrons. The molecule has 1 fully saturated rings. The molecule has 0 heterocycles. The maximum Gasteiger partial charge on any atom is 0.315 e. The Balaban J connectivity index is 1.60. The van der Waals surface area contributed by atoms with Crippen molar-refractivity contribution < 1.29 is 14.7 Å². The van der Waals surface area contributed by atoms with Crippen molar-refractivity contribution in [2.45, 2.75) is 44.2 Å². The van der Waals surface area contributed by atoms with Gasteiger partial charge in [-0.25, -0.2) is 4.79 Å². The first-order valence-corrected chi connectivity index (χ1v) is 9.50. The Morgan fingerprint density at radius 3 is 2.11 bits per heavy atom.